The fourth-order valence-corrected chi connectivity index (χ4v) is 2.08. The molecule has 0 spiro atoms. The van der Waals surface area contributed by atoms with Crippen molar-refractivity contribution in [2.45, 2.75) is 45.0 Å². The Balaban J connectivity index is 2.70. The molecule has 2 N–H and O–H groups in total. The number of hydrogen-bond acceptors (Lipinski definition) is 4. The molecule has 86 valence electrons. The van der Waals surface area contributed by atoms with E-state index in [2.05, 4.69) is 0 Å². The van der Waals surface area contributed by atoms with Gasteiger partial charge in [0.25, 0.3) is 0 Å². The van der Waals surface area contributed by atoms with E-state index < -0.39 is 23.8 Å². The molecule has 0 amide bonds. The quantitative estimate of drug-likeness (QED) is 0.717. The van der Waals surface area contributed by atoms with Crippen molar-refractivity contribution in [3.63, 3.8) is 0 Å². The first-order valence-electron chi connectivity index (χ1n) is 4.93. The van der Waals surface area contributed by atoms with E-state index in [0.29, 0.717) is 0 Å². The zero-order chi connectivity index (χ0) is 11.6. The number of Topliss-reactive ketones (excluding diaryl/α,β-unsaturated/α-hetero) is 1. The Bertz CT molecular complexity index is 275. The van der Waals surface area contributed by atoms with E-state index in [0.717, 1.165) is 0 Å². The van der Waals surface area contributed by atoms with Crippen LogP contribution in [0.25, 0.3) is 0 Å². The molecule has 1 saturated heterocycles. The third-order valence-electron chi connectivity index (χ3n) is 2.91. The molecular weight excluding hydrogens is 200 g/mol. The summed E-state index contributed by atoms with van der Waals surface area (Å²) in [5, 5.41) is 17.9. The van der Waals surface area contributed by atoms with E-state index in [9.17, 15) is 14.7 Å². The van der Waals surface area contributed by atoms with Crippen LogP contribution in [0.2, 0.25) is 0 Å². The molecule has 5 nitrogen and oxygen atoms in total. The van der Waals surface area contributed by atoms with Gasteiger partial charge in [0.2, 0.25) is 0 Å². The lowest BCUT2D eigenvalue weighted by Gasteiger charge is -2.28. The Kier molecular flexibility index (Phi) is 3.46. The topological polar surface area (TPSA) is 83.8 Å². The largest absolute Gasteiger partial charge is 0.481 e. The molecular formula is C10H16O5. The lowest BCUT2D eigenvalue weighted by Crippen LogP contribution is -2.36. The highest BCUT2D eigenvalue weighted by Crippen LogP contribution is 2.39. The average molecular weight is 216 g/mol. The van der Waals surface area contributed by atoms with Gasteiger partial charge in [0, 0.05) is 12.8 Å². The highest BCUT2D eigenvalue weighted by atomic mass is 16.6. The molecule has 3 unspecified atom stereocenters. The van der Waals surface area contributed by atoms with E-state index in [1.807, 2.05) is 0 Å². The number of hydrogen-bond donors (Lipinski definition) is 2. The van der Waals surface area contributed by atoms with Gasteiger partial charge in [-0.05, 0) is 20.3 Å². The molecule has 0 radical (unpaired) electrons. The lowest BCUT2D eigenvalue weighted by molar-refractivity contribution is -0.152. The standard InChI is InChI=1S/C10H16O5/c1-6(11)7-5-9(14)15-10(7,2)4-3-8(12)13/h7,9,14H,3-5H2,1-2H3,(H,12,13). The summed E-state index contributed by atoms with van der Waals surface area (Å²) in [5.74, 6) is -1.41. The van der Waals surface area contributed by atoms with Crippen LogP contribution in [0.4, 0.5) is 0 Å². The number of ketones is 1. The van der Waals surface area contributed by atoms with Gasteiger partial charge >= 0.3 is 5.97 Å². The number of aliphatic hydroxyl groups excluding tert-OH is 1. The summed E-state index contributed by atoms with van der Waals surface area (Å²) in [6.45, 7) is 3.11. The Morgan fingerprint density at radius 3 is 2.60 bits per heavy atom. The zero-order valence-electron chi connectivity index (χ0n) is 8.90. The summed E-state index contributed by atoms with van der Waals surface area (Å²) in [7, 11) is 0. The maximum Gasteiger partial charge on any atom is 0.303 e. The van der Waals surface area contributed by atoms with Crippen LogP contribution in [0.15, 0.2) is 0 Å². The third kappa shape index (κ3) is 2.76. The van der Waals surface area contributed by atoms with E-state index in [4.69, 9.17) is 9.84 Å². The molecule has 0 aromatic heterocycles. The average Bonchev–Trinajstić information content (AvgIpc) is 2.39. The third-order valence-corrected chi connectivity index (χ3v) is 2.91. The molecule has 0 aliphatic carbocycles. The van der Waals surface area contributed by atoms with Crippen LogP contribution in [0.1, 0.15) is 33.1 Å². The van der Waals surface area contributed by atoms with Gasteiger partial charge in [-0.3, -0.25) is 9.59 Å². The highest BCUT2D eigenvalue weighted by Gasteiger charge is 2.46. The number of carboxylic acids is 1. The van der Waals surface area contributed by atoms with Crippen molar-refractivity contribution in [3.05, 3.63) is 0 Å². The van der Waals surface area contributed by atoms with Gasteiger partial charge < -0.3 is 14.9 Å². The molecule has 0 aromatic rings. The summed E-state index contributed by atoms with van der Waals surface area (Å²) in [6.07, 6.45) is -0.528. The van der Waals surface area contributed by atoms with Crippen LogP contribution in [-0.4, -0.2) is 33.9 Å². The van der Waals surface area contributed by atoms with Gasteiger partial charge in [-0.1, -0.05) is 0 Å². The molecule has 5 heteroatoms. The summed E-state index contributed by atoms with van der Waals surface area (Å²) in [6, 6.07) is 0. The van der Waals surface area contributed by atoms with Crippen LogP contribution in [0.3, 0.4) is 0 Å². The molecule has 0 aromatic carbocycles. The van der Waals surface area contributed by atoms with E-state index in [-0.39, 0.29) is 25.0 Å². The van der Waals surface area contributed by atoms with Gasteiger partial charge in [-0.15, -0.1) is 0 Å². The van der Waals surface area contributed by atoms with Crippen molar-refractivity contribution in [3.8, 4) is 0 Å². The number of carbonyl (C=O) groups excluding carboxylic acids is 1. The maximum absolute atomic E-state index is 11.3. The van der Waals surface area contributed by atoms with Crippen LogP contribution in [-0.2, 0) is 14.3 Å². The minimum absolute atomic E-state index is 0.0625. The minimum atomic E-state index is -0.960. The molecule has 1 fully saturated rings. The zero-order valence-corrected chi connectivity index (χ0v) is 8.90. The number of aliphatic hydroxyl groups is 1. The minimum Gasteiger partial charge on any atom is -0.481 e. The van der Waals surface area contributed by atoms with E-state index >= 15 is 0 Å². The normalized spacial score (nSPS) is 35.4. The predicted octanol–water partition coefficient (Wildman–Crippen LogP) is 0.554. The van der Waals surface area contributed by atoms with Crippen molar-refractivity contribution < 1.29 is 24.5 Å². The molecule has 1 aliphatic rings. The predicted molar refractivity (Wildman–Crippen MR) is 51.2 cm³/mol. The molecule has 0 bridgehead atoms. The first kappa shape index (κ1) is 12.1. The first-order valence-corrected chi connectivity index (χ1v) is 4.93. The maximum atomic E-state index is 11.3. The van der Waals surface area contributed by atoms with Crippen LogP contribution >= 0.6 is 0 Å². The van der Waals surface area contributed by atoms with Crippen molar-refractivity contribution >= 4 is 11.8 Å². The monoisotopic (exact) mass is 216 g/mol. The second-order valence-corrected chi connectivity index (χ2v) is 4.18. The first-order chi connectivity index (χ1) is 6.85. The number of rotatable bonds is 4. The van der Waals surface area contributed by atoms with Crippen molar-refractivity contribution in [1.29, 1.82) is 0 Å². The highest BCUT2D eigenvalue weighted by molar-refractivity contribution is 5.80. The summed E-state index contributed by atoms with van der Waals surface area (Å²) in [4.78, 5) is 21.8. The van der Waals surface area contributed by atoms with Gasteiger partial charge in [0.05, 0.1) is 11.5 Å². The number of carbonyl (C=O) groups is 2. The molecule has 3 atom stereocenters. The fraction of sp³-hybridized carbons (Fsp3) is 0.800. The number of aliphatic carboxylic acids is 1. The van der Waals surface area contributed by atoms with Crippen LogP contribution in [0, 0.1) is 5.92 Å². The SMILES string of the molecule is CC(=O)C1CC(O)OC1(C)CCC(=O)O. The van der Waals surface area contributed by atoms with E-state index in [1.165, 1.54) is 6.92 Å². The molecule has 1 rings (SSSR count). The lowest BCUT2D eigenvalue weighted by atomic mass is 9.82. The Morgan fingerprint density at radius 2 is 2.13 bits per heavy atom. The number of ether oxygens (including phenoxy) is 1. The van der Waals surface area contributed by atoms with Gasteiger partial charge in [-0.25, -0.2) is 0 Å². The second-order valence-electron chi connectivity index (χ2n) is 4.18. The van der Waals surface area contributed by atoms with Gasteiger partial charge in [0.15, 0.2) is 6.29 Å². The van der Waals surface area contributed by atoms with Gasteiger partial charge in [-0.2, -0.15) is 0 Å². The smallest absolute Gasteiger partial charge is 0.303 e. The Labute approximate surface area is 88.0 Å². The van der Waals surface area contributed by atoms with Crippen molar-refractivity contribution in [1.82, 2.24) is 0 Å². The Morgan fingerprint density at radius 1 is 1.53 bits per heavy atom. The summed E-state index contributed by atoms with van der Waals surface area (Å²) in [5.41, 5.74) is -0.844. The van der Waals surface area contributed by atoms with Crippen molar-refractivity contribution in [2.24, 2.45) is 5.92 Å². The summed E-state index contributed by atoms with van der Waals surface area (Å²) < 4.78 is 5.24. The second kappa shape index (κ2) is 4.28. The van der Waals surface area contributed by atoms with E-state index in [1.54, 1.807) is 6.92 Å². The Hall–Kier alpha value is -0.940. The van der Waals surface area contributed by atoms with Crippen LogP contribution in [0.5, 0.6) is 0 Å². The van der Waals surface area contributed by atoms with Gasteiger partial charge in [0.1, 0.15) is 5.78 Å². The van der Waals surface area contributed by atoms with Crippen molar-refractivity contribution in [2.75, 3.05) is 0 Å². The summed E-state index contributed by atoms with van der Waals surface area (Å²) >= 11 is 0. The van der Waals surface area contributed by atoms with Crippen LogP contribution < -0.4 is 0 Å². The number of carboxylic acid groups (broad SMARTS) is 1. The molecule has 0 saturated carbocycles. The molecule has 1 aliphatic heterocycles. The molecule has 15 heavy (non-hydrogen) atoms. The fourth-order valence-electron chi connectivity index (χ4n) is 2.08. The molecule has 1 heterocycles.